The van der Waals surface area contributed by atoms with E-state index in [0.29, 0.717) is 0 Å². The highest BCUT2D eigenvalue weighted by Crippen LogP contribution is 2.28. The summed E-state index contributed by atoms with van der Waals surface area (Å²) in [4.78, 5) is 4.39. The molecule has 0 spiro atoms. The number of rotatable bonds is 4. The van der Waals surface area contributed by atoms with Gasteiger partial charge < -0.3 is 11.1 Å². The lowest BCUT2D eigenvalue weighted by atomic mass is 10.0. The molecule has 3 N–H and O–H groups in total. The molecule has 0 saturated carbocycles. The average Bonchev–Trinajstić information content (AvgIpc) is 2.53. The Hall–Kier alpha value is -2.55. The number of pyridine rings is 1. The monoisotopic (exact) mass is 277 g/mol. The molecule has 3 heteroatoms. The number of nitrogen functional groups attached to an aromatic ring is 1. The van der Waals surface area contributed by atoms with Crippen LogP contribution >= 0.6 is 0 Å². The maximum Gasteiger partial charge on any atom is 0.0743 e. The van der Waals surface area contributed by atoms with E-state index in [1.165, 1.54) is 5.56 Å². The third kappa shape index (κ3) is 2.82. The van der Waals surface area contributed by atoms with Gasteiger partial charge >= 0.3 is 0 Å². The molecule has 0 fully saturated rings. The van der Waals surface area contributed by atoms with Crippen LogP contribution < -0.4 is 11.1 Å². The molecule has 0 radical (unpaired) electrons. The minimum Gasteiger partial charge on any atom is -0.399 e. The summed E-state index contributed by atoms with van der Waals surface area (Å²) in [6.45, 7) is 2.19. The number of fused-ring (bicyclic) bond motifs is 1. The van der Waals surface area contributed by atoms with E-state index in [2.05, 4.69) is 41.5 Å². The predicted octanol–water partition coefficient (Wildman–Crippen LogP) is 4.38. The van der Waals surface area contributed by atoms with E-state index < -0.39 is 0 Å². The van der Waals surface area contributed by atoms with Gasteiger partial charge in [-0.15, -0.1) is 0 Å². The summed E-state index contributed by atoms with van der Waals surface area (Å²) in [5.74, 6) is 0. The van der Waals surface area contributed by atoms with E-state index in [9.17, 15) is 0 Å². The van der Waals surface area contributed by atoms with E-state index in [1.54, 1.807) is 0 Å². The Kier molecular flexibility index (Phi) is 3.73. The largest absolute Gasteiger partial charge is 0.399 e. The number of anilines is 2. The van der Waals surface area contributed by atoms with Gasteiger partial charge in [-0.25, -0.2) is 0 Å². The van der Waals surface area contributed by atoms with Gasteiger partial charge in [-0.2, -0.15) is 0 Å². The summed E-state index contributed by atoms with van der Waals surface area (Å²) in [5.41, 5.74) is 9.87. The predicted molar refractivity (Wildman–Crippen MR) is 89.3 cm³/mol. The molecule has 106 valence electrons. The lowest BCUT2D eigenvalue weighted by Crippen LogP contribution is -2.10. The van der Waals surface area contributed by atoms with Crippen LogP contribution in [0.3, 0.4) is 0 Å². The molecule has 3 aromatic rings. The van der Waals surface area contributed by atoms with E-state index in [1.807, 2.05) is 36.5 Å². The average molecular weight is 277 g/mol. The Morgan fingerprint density at radius 1 is 1.10 bits per heavy atom. The molecule has 1 unspecified atom stereocenters. The van der Waals surface area contributed by atoms with Crippen LogP contribution in [0.2, 0.25) is 0 Å². The number of aromatic nitrogens is 1. The minimum absolute atomic E-state index is 0.286. The fraction of sp³-hybridized carbons (Fsp3) is 0.167. The minimum atomic E-state index is 0.286. The summed E-state index contributed by atoms with van der Waals surface area (Å²) in [5, 5.41) is 4.72. The first-order valence-corrected chi connectivity index (χ1v) is 7.23. The number of nitrogens with two attached hydrogens (primary N) is 1. The Labute approximate surface area is 124 Å². The van der Waals surface area contributed by atoms with Crippen molar-refractivity contribution in [2.24, 2.45) is 0 Å². The quantitative estimate of drug-likeness (QED) is 0.696. The van der Waals surface area contributed by atoms with Crippen LogP contribution in [-0.4, -0.2) is 4.98 Å². The molecule has 1 heterocycles. The summed E-state index contributed by atoms with van der Waals surface area (Å²) in [6, 6.07) is 18.7. The molecule has 1 aromatic heterocycles. The highest BCUT2D eigenvalue weighted by molar-refractivity contribution is 5.92. The Balaban J connectivity index is 1.97. The normalized spacial score (nSPS) is 12.2. The van der Waals surface area contributed by atoms with Crippen LogP contribution in [-0.2, 0) is 0 Å². The molecular formula is C18H19N3. The SMILES string of the molecule is CCC(Nc1ccnc2cc(N)ccc12)c1ccccc1. The van der Waals surface area contributed by atoms with Crippen molar-refractivity contribution in [1.82, 2.24) is 4.98 Å². The van der Waals surface area contributed by atoms with Gasteiger partial charge in [-0.3, -0.25) is 4.98 Å². The van der Waals surface area contributed by atoms with Crippen molar-refractivity contribution >= 4 is 22.3 Å². The van der Waals surface area contributed by atoms with E-state index >= 15 is 0 Å². The molecule has 0 aliphatic rings. The molecule has 0 bridgehead atoms. The second kappa shape index (κ2) is 5.83. The maximum absolute atomic E-state index is 5.83. The van der Waals surface area contributed by atoms with Crippen molar-refractivity contribution in [3.8, 4) is 0 Å². The molecule has 0 aliphatic heterocycles. The smallest absolute Gasteiger partial charge is 0.0743 e. The Morgan fingerprint density at radius 3 is 2.67 bits per heavy atom. The molecule has 3 rings (SSSR count). The molecular weight excluding hydrogens is 258 g/mol. The van der Waals surface area contributed by atoms with E-state index in [4.69, 9.17) is 5.73 Å². The van der Waals surface area contributed by atoms with Crippen molar-refractivity contribution < 1.29 is 0 Å². The second-order valence-corrected chi connectivity index (χ2v) is 5.15. The molecule has 3 nitrogen and oxygen atoms in total. The summed E-state index contributed by atoms with van der Waals surface area (Å²) < 4.78 is 0. The van der Waals surface area contributed by atoms with E-state index in [-0.39, 0.29) is 6.04 Å². The number of benzene rings is 2. The lowest BCUT2D eigenvalue weighted by Gasteiger charge is -2.20. The van der Waals surface area contributed by atoms with Crippen molar-refractivity contribution in [2.75, 3.05) is 11.1 Å². The number of nitrogens with one attached hydrogen (secondary N) is 1. The first kappa shape index (κ1) is 13.4. The Bertz CT molecular complexity index is 738. The first-order valence-electron chi connectivity index (χ1n) is 7.23. The molecule has 0 amide bonds. The highest BCUT2D eigenvalue weighted by atomic mass is 14.9. The van der Waals surface area contributed by atoms with Gasteiger partial charge in [0, 0.05) is 23.0 Å². The molecule has 2 aromatic carbocycles. The summed E-state index contributed by atoms with van der Waals surface area (Å²) >= 11 is 0. The zero-order valence-electron chi connectivity index (χ0n) is 12.1. The fourth-order valence-electron chi connectivity index (χ4n) is 2.59. The summed E-state index contributed by atoms with van der Waals surface area (Å²) in [7, 11) is 0. The number of hydrogen-bond acceptors (Lipinski definition) is 3. The van der Waals surface area contributed by atoms with Crippen molar-refractivity contribution in [3.05, 3.63) is 66.4 Å². The molecule has 1 atom stereocenters. The zero-order valence-corrected chi connectivity index (χ0v) is 12.1. The number of hydrogen-bond donors (Lipinski definition) is 2. The van der Waals surface area contributed by atoms with Crippen LogP contribution in [0.4, 0.5) is 11.4 Å². The fourth-order valence-corrected chi connectivity index (χ4v) is 2.59. The van der Waals surface area contributed by atoms with Gasteiger partial charge in [0.25, 0.3) is 0 Å². The van der Waals surface area contributed by atoms with Crippen LogP contribution in [0.25, 0.3) is 10.9 Å². The molecule has 0 aliphatic carbocycles. The Morgan fingerprint density at radius 2 is 1.90 bits per heavy atom. The van der Waals surface area contributed by atoms with Crippen LogP contribution in [0.1, 0.15) is 24.9 Å². The van der Waals surface area contributed by atoms with Gasteiger partial charge in [0.2, 0.25) is 0 Å². The second-order valence-electron chi connectivity index (χ2n) is 5.15. The van der Waals surface area contributed by atoms with Gasteiger partial charge in [0.05, 0.1) is 11.6 Å². The topological polar surface area (TPSA) is 50.9 Å². The standard InChI is InChI=1S/C18H19N3/c1-2-16(13-6-4-3-5-7-13)21-17-10-11-20-18-12-14(19)8-9-15(17)18/h3-12,16H,2,19H2,1H3,(H,20,21). The summed E-state index contributed by atoms with van der Waals surface area (Å²) in [6.07, 6.45) is 2.84. The van der Waals surface area contributed by atoms with Crippen LogP contribution in [0.5, 0.6) is 0 Å². The van der Waals surface area contributed by atoms with Gasteiger partial charge in [0.1, 0.15) is 0 Å². The first-order chi connectivity index (χ1) is 10.3. The van der Waals surface area contributed by atoms with Crippen molar-refractivity contribution in [2.45, 2.75) is 19.4 Å². The van der Waals surface area contributed by atoms with Crippen LogP contribution in [0.15, 0.2) is 60.8 Å². The molecule has 0 saturated heterocycles. The highest BCUT2D eigenvalue weighted by Gasteiger charge is 2.10. The van der Waals surface area contributed by atoms with Gasteiger partial charge in [0.15, 0.2) is 0 Å². The molecule has 21 heavy (non-hydrogen) atoms. The van der Waals surface area contributed by atoms with Gasteiger partial charge in [-0.05, 0) is 36.2 Å². The third-order valence-electron chi connectivity index (χ3n) is 3.71. The zero-order chi connectivity index (χ0) is 14.7. The van der Waals surface area contributed by atoms with Crippen molar-refractivity contribution in [1.29, 1.82) is 0 Å². The lowest BCUT2D eigenvalue weighted by molar-refractivity contribution is 0.750. The van der Waals surface area contributed by atoms with E-state index in [0.717, 1.165) is 28.7 Å². The number of nitrogens with zero attached hydrogens (tertiary/aromatic N) is 1. The third-order valence-corrected chi connectivity index (χ3v) is 3.71. The van der Waals surface area contributed by atoms with Gasteiger partial charge in [-0.1, -0.05) is 37.3 Å². The van der Waals surface area contributed by atoms with Crippen LogP contribution in [0, 0.1) is 0 Å². The van der Waals surface area contributed by atoms with Crippen molar-refractivity contribution in [3.63, 3.8) is 0 Å². The maximum atomic E-state index is 5.83.